The molecule has 9 heteroatoms. The summed E-state index contributed by atoms with van der Waals surface area (Å²) in [6.45, 7) is 0.321. The van der Waals surface area contributed by atoms with Gasteiger partial charge < -0.3 is 15.2 Å². The molecule has 3 N–H and O–H groups in total. The normalized spacial score (nSPS) is 11.1. The molecule has 6 nitrogen and oxygen atoms in total. The Morgan fingerprint density at radius 2 is 1.76 bits per heavy atom. The van der Waals surface area contributed by atoms with Crippen LogP contribution in [0.2, 0.25) is 5.02 Å². The smallest absolute Gasteiger partial charge is 0.261 e. The molecule has 0 spiro atoms. The number of benzene rings is 3. The lowest BCUT2D eigenvalue weighted by molar-refractivity contribution is 0.371. The second kappa shape index (κ2) is 8.59. The molecule has 0 saturated carbocycles. The van der Waals surface area contributed by atoms with Crippen LogP contribution in [0.1, 0.15) is 5.56 Å². The molecule has 3 rings (SSSR count). The molecule has 0 aliphatic rings. The number of para-hydroxylation sites is 1. The van der Waals surface area contributed by atoms with Crippen LogP contribution in [0.5, 0.6) is 11.5 Å². The Kier molecular flexibility index (Phi) is 6.14. The Balaban J connectivity index is 1.70. The molecule has 0 saturated heterocycles. The van der Waals surface area contributed by atoms with E-state index >= 15 is 0 Å². The van der Waals surface area contributed by atoms with Crippen LogP contribution in [-0.2, 0) is 16.6 Å². The maximum atomic E-state index is 13.2. The highest BCUT2D eigenvalue weighted by molar-refractivity contribution is 7.92. The predicted molar refractivity (Wildman–Crippen MR) is 111 cm³/mol. The SMILES string of the molecule is COc1cccc(CNc2ccc(S(=O)(=O)Nc3ccc(F)c(Cl)c3)cc2)c1O. The van der Waals surface area contributed by atoms with Crippen molar-refractivity contribution in [1.82, 2.24) is 0 Å². The molecule has 3 aromatic rings. The molecule has 0 atom stereocenters. The van der Waals surface area contributed by atoms with E-state index < -0.39 is 15.8 Å². The highest BCUT2D eigenvalue weighted by Gasteiger charge is 2.15. The van der Waals surface area contributed by atoms with Crippen molar-refractivity contribution in [2.45, 2.75) is 11.4 Å². The van der Waals surface area contributed by atoms with Gasteiger partial charge in [-0.2, -0.15) is 0 Å². The van der Waals surface area contributed by atoms with Crippen LogP contribution in [0.4, 0.5) is 15.8 Å². The van der Waals surface area contributed by atoms with Crippen molar-refractivity contribution in [3.05, 3.63) is 77.1 Å². The summed E-state index contributed by atoms with van der Waals surface area (Å²) in [5.41, 5.74) is 1.46. The van der Waals surface area contributed by atoms with Gasteiger partial charge in [0.05, 0.1) is 22.7 Å². The van der Waals surface area contributed by atoms with Gasteiger partial charge in [0.1, 0.15) is 5.82 Å². The lowest BCUT2D eigenvalue weighted by atomic mass is 10.2. The van der Waals surface area contributed by atoms with Gasteiger partial charge in [-0.1, -0.05) is 23.7 Å². The van der Waals surface area contributed by atoms with Gasteiger partial charge in [-0.05, 0) is 48.5 Å². The molecule has 0 amide bonds. The van der Waals surface area contributed by atoms with Crippen LogP contribution in [0.15, 0.2) is 65.6 Å². The number of halogens is 2. The Bertz CT molecular complexity index is 1120. The van der Waals surface area contributed by atoms with Crippen molar-refractivity contribution < 1.29 is 22.7 Å². The first-order valence-corrected chi connectivity index (χ1v) is 10.3. The molecule has 29 heavy (non-hydrogen) atoms. The zero-order valence-corrected chi connectivity index (χ0v) is 16.9. The average molecular weight is 437 g/mol. The minimum absolute atomic E-state index is 0.0349. The van der Waals surface area contributed by atoms with E-state index in [1.807, 2.05) is 0 Å². The molecule has 152 valence electrons. The van der Waals surface area contributed by atoms with Gasteiger partial charge in [0, 0.05) is 17.8 Å². The number of hydrogen-bond acceptors (Lipinski definition) is 5. The van der Waals surface area contributed by atoms with Crippen molar-refractivity contribution >= 4 is 33.0 Å². The van der Waals surface area contributed by atoms with Gasteiger partial charge >= 0.3 is 0 Å². The van der Waals surface area contributed by atoms with Crippen molar-refractivity contribution in [2.75, 3.05) is 17.1 Å². The van der Waals surface area contributed by atoms with Crippen molar-refractivity contribution in [2.24, 2.45) is 0 Å². The van der Waals surface area contributed by atoms with Gasteiger partial charge in [0.2, 0.25) is 0 Å². The molecule has 3 aromatic carbocycles. The second-order valence-electron chi connectivity index (χ2n) is 6.08. The Morgan fingerprint density at radius 1 is 1.07 bits per heavy atom. The fourth-order valence-corrected chi connectivity index (χ4v) is 3.83. The number of anilines is 2. The molecule has 0 fully saturated rings. The molecule has 0 heterocycles. The van der Waals surface area contributed by atoms with Crippen LogP contribution in [0.3, 0.4) is 0 Å². The van der Waals surface area contributed by atoms with Crippen LogP contribution in [0, 0.1) is 5.82 Å². The van der Waals surface area contributed by atoms with Gasteiger partial charge in [0.25, 0.3) is 10.0 Å². The largest absolute Gasteiger partial charge is 0.504 e. The number of phenolic OH excluding ortho intramolecular Hbond substituents is 1. The van der Waals surface area contributed by atoms with Gasteiger partial charge in [0.15, 0.2) is 11.5 Å². The van der Waals surface area contributed by atoms with E-state index in [4.69, 9.17) is 16.3 Å². The van der Waals surface area contributed by atoms with Crippen molar-refractivity contribution in [3.63, 3.8) is 0 Å². The maximum absolute atomic E-state index is 13.2. The lowest BCUT2D eigenvalue weighted by Crippen LogP contribution is -2.13. The fourth-order valence-electron chi connectivity index (χ4n) is 2.60. The van der Waals surface area contributed by atoms with Crippen LogP contribution >= 0.6 is 11.6 Å². The van der Waals surface area contributed by atoms with E-state index in [1.165, 1.54) is 31.4 Å². The Labute approximate surface area is 173 Å². The summed E-state index contributed by atoms with van der Waals surface area (Å²) in [6, 6.07) is 14.8. The number of sulfonamides is 1. The number of phenols is 1. The maximum Gasteiger partial charge on any atom is 0.261 e. The van der Waals surface area contributed by atoms with E-state index in [9.17, 15) is 17.9 Å². The standard InChI is InChI=1S/C20H18ClFN2O4S/c1-28-19-4-2-3-13(20(19)25)12-23-14-5-8-16(9-6-14)29(26,27)24-15-7-10-18(22)17(21)11-15/h2-11,23-25H,12H2,1H3. The Morgan fingerprint density at radius 3 is 2.41 bits per heavy atom. The third kappa shape index (κ3) is 4.90. The number of nitrogens with one attached hydrogen (secondary N) is 2. The molecule has 0 aliphatic heterocycles. The van der Waals surface area contributed by atoms with E-state index in [0.29, 0.717) is 23.5 Å². The molecule has 0 aliphatic carbocycles. The van der Waals surface area contributed by atoms with Gasteiger partial charge in [-0.15, -0.1) is 0 Å². The lowest BCUT2D eigenvalue weighted by Gasteiger charge is -2.12. The summed E-state index contributed by atoms with van der Waals surface area (Å²) < 4.78 is 45.6. The number of aromatic hydroxyl groups is 1. The third-order valence-corrected chi connectivity index (χ3v) is 5.81. The predicted octanol–water partition coefficient (Wildman–Crippen LogP) is 4.61. The van der Waals surface area contributed by atoms with Crippen LogP contribution in [-0.4, -0.2) is 20.6 Å². The van der Waals surface area contributed by atoms with E-state index in [-0.39, 0.29) is 21.4 Å². The highest BCUT2D eigenvalue weighted by Crippen LogP contribution is 2.30. The second-order valence-corrected chi connectivity index (χ2v) is 8.17. The number of rotatable bonds is 7. The topological polar surface area (TPSA) is 87.7 Å². The molecular formula is C20H18ClFN2O4S. The quantitative estimate of drug-likeness (QED) is 0.503. The average Bonchev–Trinajstić information content (AvgIpc) is 2.70. The third-order valence-electron chi connectivity index (χ3n) is 4.12. The summed E-state index contributed by atoms with van der Waals surface area (Å²) in [5, 5.41) is 13.0. The first kappa shape index (κ1) is 20.8. The Hall–Kier alpha value is -2.97. The van der Waals surface area contributed by atoms with Gasteiger partial charge in [-0.25, -0.2) is 12.8 Å². The molecular weight excluding hydrogens is 419 g/mol. The van der Waals surface area contributed by atoms with E-state index in [2.05, 4.69) is 10.0 Å². The zero-order chi connectivity index (χ0) is 21.0. The summed E-state index contributed by atoms with van der Waals surface area (Å²) >= 11 is 5.68. The molecule has 0 unspecified atom stereocenters. The van der Waals surface area contributed by atoms with Crippen LogP contribution in [0.25, 0.3) is 0 Å². The summed E-state index contributed by atoms with van der Waals surface area (Å²) in [4.78, 5) is 0.0349. The molecule has 0 bridgehead atoms. The molecule has 0 aromatic heterocycles. The summed E-state index contributed by atoms with van der Waals surface area (Å²) in [6.07, 6.45) is 0. The first-order valence-electron chi connectivity index (χ1n) is 8.47. The zero-order valence-electron chi connectivity index (χ0n) is 15.3. The minimum Gasteiger partial charge on any atom is -0.504 e. The fraction of sp³-hybridized carbons (Fsp3) is 0.100. The van der Waals surface area contributed by atoms with Crippen LogP contribution < -0.4 is 14.8 Å². The number of ether oxygens (including phenoxy) is 1. The minimum atomic E-state index is -3.86. The van der Waals surface area contributed by atoms with Crippen molar-refractivity contribution in [3.8, 4) is 11.5 Å². The first-order chi connectivity index (χ1) is 13.8. The van der Waals surface area contributed by atoms with E-state index in [0.717, 1.165) is 6.07 Å². The van der Waals surface area contributed by atoms with E-state index in [1.54, 1.807) is 30.3 Å². The summed E-state index contributed by atoms with van der Waals surface area (Å²) in [7, 11) is -2.39. The summed E-state index contributed by atoms with van der Waals surface area (Å²) in [5.74, 6) is -0.214. The monoisotopic (exact) mass is 436 g/mol. The number of methoxy groups -OCH3 is 1. The highest BCUT2D eigenvalue weighted by atomic mass is 35.5. The van der Waals surface area contributed by atoms with Gasteiger partial charge in [-0.3, -0.25) is 4.72 Å². The number of hydrogen-bond donors (Lipinski definition) is 3. The molecule has 0 radical (unpaired) electrons. The van der Waals surface area contributed by atoms with Crippen molar-refractivity contribution in [1.29, 1.82) is 0 Å².